The van der Waals surface area contributed by atoms with E-state index in [0.29, 0.717) is 6.42 Å². The van der Waals surface area contributed by atoms with Gasteiger partial charge in [0, 0.05) is 13.0 Å². The van der Waals surface area contributed by atoms with Gasteiger partial charge in [0.1, 0.15) is 6.04 Å². The molecule has 0 aliphatic heterocycles. The van der Waals surface area contributed by atoms with E-state index < -0.39 is 23.9 Å². The summed E-state index contributed by atoms with van der Waals surface area (Å²) >= 11 is 0. The van der Waals surface area contributed by atoms with Gasteiger partial charge < -0.3 is 21.5 Å². The molecule has 5 N–H and O–H groups in total. The van der Waals surface area contributed by atoms with Gasteiger partial charge >= 0.3 is 12.0 Å². The van der Waals surface area contributed by atoms with Crippen LogP contribution in [0.3, 0.4) is 0 Å². The van der Waals surface area contributed by atoms with Crippen molar-refractivity contribution in [3.63, 3.8) is 0 Å². The number of hydrogen-bond donors (Lipinski definition) is 4. The predicted molar refractivity (Wildman–Crippen MR) is 61.2 cm³/mol. The van der Waals surface area contributed by atoms with Gasteiger partial charge in [0.25, 0.3) is 0 Å². The number of carbonyl (C=O) groups is 3. The van der Waals surface area contributed by atoms with Crippen molar-refractivity contribution in [2.24, 2.45) is 11.7 Å². The number of carboxylic acid groups (broad SMARTS) is 1. The first-order valence-corrected chi connectivity index (χ1v) is 5.38. The van der Waals surface area contributed by atoms with Gasteiger partial charge in [0.2, 0.25) is 5.91 Å². The van der Waals surface area contributed by atoms with Crippen molar-refractivity contribution in [3.05, 3.63) is 0 Å². The monoisotopic (exact) mass is 245 g/mol. The topological polar surface area (TPSA) is 122 Å². The molecule has 0 saturated carbocycles. The van der Waals surface area contributed by atoms with Crippen LogP contribution in [0, 0.1) is 5.92 Å². The Hall–Kier alpha value is -1.79. The van der Waals surface area contributed by atoms with Crippen molar-refractivity contribution in [2.45, 2.75) is 32.7 Å². The smallest absolute Gasteiger partial charge is 0.326 e. The van der Waals surface area contributed by atoms with Gasteiger partial charge in [-0.25, -0.2) is 9.59 Å². The fourth-order valence-electron chi connectivity index (χ4n) is 1.20. The molecular weight excluding hydrogens is 226 g/mol. The number of urea groups is 1. The minimum Gasteiger partial charge on any atom is -0.480 e. The van der Waals surface area contributed by atoms with E-state index >= 15 is 0 Å². The van der Waals surface area contributed by atoms with Crippen LogP contribution in [0.1, 0.15) is 26.7 Å². The van der Waals surface area contributed by atoms with E-state index in [2.05, 4.69) is 10.6 Å². The molecule has 0 fully saturated rings. The van der Waals surface area contributed by atoms with E-state index in [9.17, 15) is 14.4 Å². The molecule has 3 amide bonds. The molecule has 0 bridgehead atoms. The van der Waals surface area contributed by atoms with Crippen molar-refractivity contribution < 1.29 is 19.5 Å². The molecule has 0 radical (unpaired) electrons. The van der Waals surface area contributed by atoms with Crippen LogP contribution < -0.4 is 16.4 Å². The first-order valence-electron chi connectivity index (χ1n) is 5.38. The van der Waals surface area contributed by atoms with Gasteiger partial charge in [-0.2, -0.15) is 0 Å². The number of hydrogen-bond acceptors (Lipinski definition) is 3. The van der Waals surface area contributed by atoms with Crippen molar-refractivity contribution in [3.8, 4) is 0 Å². The molecule has 0 rings (SSSR count). The molecule has 0 aromatic rings. The van der Waals surface area contributed by atoms with Crippen molar-refractivity contribution in [1.82, 2.24) is 10.6 Å². The molecule has 0 spiro atoms. The second-order valence-electron chi connectivity index (χ2n) is 4.14. The van der Waals surface area contributed by atoms with Crippen LogP contribution in [0.2, 0.25) is 0 Å². The predicted octanol–water partition coefficient (Wildman–Crippen LogP) is -0.340. The molecule has 1 atom stereocenters. The summed E-state index contributed by atoms with van der Waals surface area (Å²) in [7, 11) is 0. The second-order valence-corrected chi connectivity index (χ2v) is 4.14. The van der Waals surface area contributed by atoms with Crippen LogP contribution >= 0.6 is 0 Å². The fourth-order valence-corrected chi connectivity index (χ4v) is 1.20. The molecule has 0 saturated heterocycles. The molecular formula is C10H19N3O4. The van der Waals surface area contributed by atoms with Crippen molar-refractivity contribution in [2.75, 3.05) is 6.54 Å². The standard InChI is InChI=1S/C10H19N3O4/c1-6(2)5-7(9(15)16)13-10(17)12-4-3-8(11)14/h6-7H,3-5H2,1-2H3,(H2,11,14)(H,15,16)(H2,12,13,17). The van der Waals surface area contributed by atoms with Gasteiger partial charge in [-0.15, -0.1) is 0 Å². The quantitative estimate of drug-likeness (QED) is 0.490. The van der Waals surface area contributed by atoms with Crippen molar-refractivity contribution >= 4 is 17.9 Å². The SMILES string of the molecule is CC(C)CC(NC(=O)NCCC(N)=O)C(=O)O. The van der Waals surface area contributed by atoms with Crippen LogP contribution in [0.25, 0.3) is 0 Å². The minimum atomic E-state index is -1.08. The van der Waals surface area contributed by atoms with Crippen molar-refractivity contribution in [1.29, 1.82) is 0 Å². The van der Waals surface area contributed by atoms with E-state index in [1.807, 2.05) is 13.8 Å². The third kappa shape index (κ3) is 8.06. The lowest BCUT2D eigenvalue weighted by Crippen LogP contribution is -2.47. The van der Waals surface area contributed by atoms with Gasteiger partial charge in [0.05, 0.1) is 0 Å². The first-order chi connectivity index (χ1) is 7.82. The van der Waals surface area contributed by atoms with Gasteiger partial charge in [-0.3, -0.25) is 4.79 Å². The van der Waals surface area contributed by atoms with Crippen LogP contribution in [-0.4, -0.2) is 35.6 Å². The summed E-state index contributed by atoms with van der Waals surface area (Å²) in [6.45, 7) is 3.82. The van der Waals surface area contributed by atoms with E-state index in [-0.39, 0.29) is 18.9 Å². The van der Waals surface area contributed by atoms with E-state index in [1.165, 1.54) is 0 Å². The average molecular weight is 245 g/mol. The highest BCUT2D eigenvalue weighted by Gasteiger charge is 2.20. The van der Waals surface area contributed by atoms with Gasteiger partial charge in [-0.1, -0.05) is 13.8 Å². The number of nitrogens with one attached hydrogen (secondary N) is 2. The number of primary amides is 1. The van der Waals surface area contributed by atoms with Crippen LogP contribution in [0.15, 0.2) is 0 Å². The summed E-state index contributed by atoms with van der Waals surface area (Å²) in [4.78, 5) is 32.5. The van der Waals surface area contributed by atoms with Crippen LogP contribution in [-0.2, 0) is 9.59 Å². The highest BCUT2D eigenvalue weighted by Crippen LogP contribution is 2.04. The summed E-state index contributed by atoms with van der Waals surface area (Å²) in [5, 5.41) is 13.5. The van der Waals surface area contributed by atoms with E-state index in [1.54, 1.807) is 0 Å². The lowest BCUT2D eigenvalue weighted by atomic mass is 10.0. The Labute approximate surface area is 99.7 Å². The maximum Gasteiger partial charge on any atom is 0.326 e. The highest BCUT2D eigenvalue weighted by molar-refractivity contribution is 5.82. The summed E-state index contributed by atoms with van der Waals surface area (Å²) in [5.41, 5.74) is 4.89. The Bertz CT molecular complexity index is 291. The Morgan fingerprint density at radius 1 is 1.29 bits per heavy atom. The molecule has 7 heteroatoms. The lowest BCUT2D eigenvalue weighted by Gasteiger charge is -2.16. The summed E-state index contributed by atoms with van der Waals surface area (Å²) < 4.78 is 0. The molecule has 98 valence electrons. The number of aliphatic carboxylic acids is 1. The lowest BCUT2D eigenvalue weighted by molar-refractivity contribution is -0.139. The highest BCUT2D eigenvalue weighted by atomic mass is 16.4. The summed E-state index contributed by atoms with van der Waals surface area (Å²) in [6.07, 6.45) is 0.369. The summed E-state index contributed by atoms with van der Waals surface area (Å²) in [6, 6.07) is -1.54. The third-order valence-corrected chi connectivity index (χ3v) is 1.97. The third-order valence-electron chi connectivity index (χ3n) is 1.97. The second kappa shape index (κ2) is 7.48. The number of carbonyl (C=O) groups excluding carboxylic acids is 2. The molecule has 0 aromatic heterocycles. The fraction of sp³-hybridized carbons (Fsp3) is 0.700. The zero-order valence-corrected chi connectivity index (χ0v) is 10.0. The minimum absolute atomic E-state index is 0.0232. The zero-order chi connectivity index (χ0) is 13.4. The first kappa shape index (κ1) is 15.2. The molecule has 0 aliphatic carbocycles. The van der Waals surface area contributed by atoms with Crippen LogP contribution in [0.4, 0.5) is 4.79 Å². The Balaban J connectivity index is 4.04. The molecule has 1 unspecified atom stereocenters. The molecule has 0 aliphatic rings. The van der Waals surface area contributed by atoms with E-state index in [0.717, 1.165) is 0 Å². The Morgan fingerprint density at radius 2 is 1.88 bits per heavy atom. The van der Waals surface area contributed by atoms with Gasteiger partial charge in [0.15, 0.2) is 0 Å². The number of amides is 3. The molecule has 0 heterocycles. The number of rotatable bonds is 7. The molecule has 17 heavy (non-hydrogen) atoms. The maximum absolute atomic E-state index is 11.3. The van der Waals surface area contributed by atoms with Gasteiger partial charge in [-0.05, 0) is 12.3 Å². The largest absolute Gasteiger partial charge is 0.480 e. The Kier molecular flexibility index (Phi) is 6.69. The molecule has 7 nitrogen and oxygen atoms in total. The maximum atomic E-state index is 11.3. The van der Waals surface area contributed by atoms with E-state index in [4.69, 9.17) is 10.8 Å². The Morgan fingerprint density at radius 3 is 2.29 bits per heavy atom. The molecule has 0 aromatic carbocycles. The van der Waals surface area contributed by atoms with Crippen LogP contribution in [0.5, 0.6) is 0 Å². The number of nitrogens with two attached hydrogens (primary N) is 1. The summed E-state index contributed by atoms with van der Waals surface area (Å²) in [5.74, 6) is -1.45. The normalized spacial score (nSPS) is 11.9. The number of carboxylic acids is 1. The average Bonchev–Trinajstić information content (AvgIpc) is 2.15. The zero-order valence-electron chi connectivity index (χ0n) is 10.0.